The quantitative estimate of drug-likeness (QED) is 0.454. The van der Waals surface area contributed by atoms with Gasteiger partial charge in [-0.15, -0.1) is 22.6 Å². The van der Waals surface area contributed by atoms with Crippen LogP contribution in [0.5, 0.6) is 5.75 Å². The van der Waals surface area contributed by atoms with Gasteiger partial charge in [0.1, 0.15) is 12.1 Å². The fraction of sp³-hybridized carbons (Fsp3) is 0.462. The van der Waals surface area contributed by atoms with Crippen molar-refractivity contribution >= 4 is 12.4 Å². The maximum Gasteiger partial charge on any atom is 0.452 e. The summed E-state index contributed by atoms with van der Waals surface area (Å²) in [6.45, 7) is 5.25. The molecule has 10 heteroatoms. The van der Waals surface area contributed by atoms with Gasteiger partial charge in [0.2, 0.25) is 5.82 Å². The second-order valence-electron chi connectivity index (χ2n) is 9.59. The van der Waals surface area contributed by atoms with Crippen molar-refractivity contribution in [1.29, 1.82) is 0 Å². The maximum absolute atomic E-state index is 13.5. The summed E-state index contributed by atoms with van der Waals surface area (Å²) < 4.78 is 54.1. The predicted molar refractivity (Wildman–Crippen MR) is 132 cm³/mol. The van der Waals surface area contributed by atoms with E-state index in [0.29, 0.717) is 18.0 Å². The van der Waals surface area contributed by atoms with E-state index in [2.05, 4.69) is 27.6 Å². The second-order valence-corrected chi connectivity index (χ2v) is 9.59. The zero-order valence-corrected chi connectivity index (χ0v) is 21.0. The van der Waals surface area contributed by atoms with E-state index in [1.165, 1.54) is 5.56 Å². The molecule has 0 radical (unpaired) electrons. The van der Waals surface area contributed by atoms with Gasteiger partial charge in [0, 0.05) is 17.2 Å². The first-order chi connectivity index (χ1) is 16.8. The second kappa shape index (κ2) is 10.4. The van der Waals surface area contributed by atoms with Gasteiger partial charge in [-0.05, 0) is 63.4 Å². The molecule has 2 aliphatic heterocycles. The molecule has 2 saturated heterocycles. The highest BCUT2D eigenvalue weighted by atomic mass is 35.5. The number of hydrogen-bond acceptors (Lipinski definition) is 5. The lowest BCUT2D eigenvalue weighted by Gasteiger charge is -2.41. The van der Waals surface area contributed by atoms with Crippen molar-refractivity contribution in [2.75, 3.05) is 13.2 Å². The first-order valence-corrected chi connectivity index (χ1v) is 12.0. The minimum absolute atomic E-state index is 0. The molecule has 3 heterocycles. The van der Waals surface area contributed by atoms with Gasteiger partial charge in [0.05, 0.1) is 24.4 Å². The number of alkyl halides is 3. The molecule has 2 aliphatic rings. The number of nitrogens with zero attached hydrogens (tertiary/aromatic N) is 3. The van der Waals surface area contributed by atoms with Crippen molar-refractivity contribution in [2.24, 2.45) is 0 Å². The number of halogens is 4. The van der Waals surface area contributed by atoms with E-state index in [1.807, 2.05) is 32.0 Å². The summed E-state index contributed by atoms with van der Waals surface area (Å²) in [5.41, 5.74) is 1.98. The molecule has 0 amide bonds. The summed E-state index contributed by atoms with van der Waals surface area (Å²) >= 11 is 0. The molecule has 3 aromatic rings. The summed E-state index contributed by atoms with van der Waals surface area (Å²) in [5.74, 6) is -0.419. The van der Waals surface area contributed by atoms with E-state index in [0.717, 1.165) is 42.3 Å². The Morgan fingerprint density at radius 3 is 2.67 bits per heavy atom. The van der Waals surface area contributed by atoms with Crippen LogP contribution in [-0.2, 0) is 10.9 Å². The molecule has 2 fully saturated rings. The minimum Gasteiger partial charge on any atom is -0.491 e. The van der Waals surface area contributed by atoms with Gasteiger partial charge >= 0.3 is 6.18 Å². The van der Waals surface area contributed by atoms with Crippen molar-refractivity contribution in [3.05, 3.63) is 71.8 Å². The van der Waals surface area contributed by atoms with Crippen molar-refractivity contribution in [2.45, 2.75) is 63.0 Å². The molecule has 1 spiro atoms. The number of piperidine rings is 1. The Morgan fingerprint density at radius 1 is 1.17 bits per heavy atom. The summed E-state index contributed by atoms with van der Waals surface area (Å²) in [7, 11) is 0. The van der Waals surface area contributed by atoms with Gasteiger partial charge in [0.25, 0.3) is 0 Å². The van der Waals surface area contributed by atoms with Crippen LogP contribution in [0.4, 0.5) is 13.2 Å². The third kappa shape index (κ3) is 5.10. The Balaban J connectivity index is 0.00000304. The highest BCUT2D eigenvalue weighted by Crippen LogP contribution is 2.50. The number of nitrogens with one attached hydrogen (secondary N) is 1. The molecular formula is C26H30ClF3N4O2. The Hall–Kier alpha value is -2.62. The summed E-state index contributed by atoms with van der Waals surface area (Å²) in [5, 5.41) is 10.4. The zero-order chi connectivity index (χ0) is 24.6. The lowest BCUT2D eigenvalue weighted by Crippen LogP contribution is -2.48. The highest BCUT2D eigenvalue weighted by molar-refractivity contribution is 5.85. The molecule has 6 nitrogen and oxygen atoms in total. The smallest absolute Gasteiger partial charge is 0.452 e. The average molecular weight is 523 g/mol. The van der Waals surface area contributed by atoms with E-state index < -0.39 is 12.0 Å². The topological polar surface area (TPSA) is 61.2 Å². The van der Waals surface area contributed by atoms with E-state index in [1.54, 1.807) is 18.2 Å². The lowest BCUT2D eigenvalue weighted by molar-refractivity contribution is -0.146. The average Bonchev–Trinajstić information content (AvgIpc) is 3.48. The van der Waals surface area contributed by atoms with E-state index in [-0.39, 0.29) is 36.1 Å². The summed E-state index contributed by atoms with van der Waals surface area (Å²) in [4.78, 5) is 0. The number of hydrogen-bond donors (Lipinski definition) is 1. The Labute approximate surface area is 214 Å². The summed E-state index contributed by atoms with van der Waals surface area (Å²) in [6.07, 6.45) is -0.938. The molecule has 0 aliphatic carbocycles. The molecule has 5 rings (SSSR count). The van der Waals surface area contributed by atoms with Crippen molar-refractivity contribution < 1.29 is 22.6 Å². The SMILES string of the molecule is CC(C)Oc1ccc(-n2cnnc2C(F)(F)F)cc1[C@H]1CO[C@]2(CCCN[C@H]2c2ccccc2)C1.Cl. The third-order valence-corrected chi connectivity index (χ3v) is 6.82. The van der Waals surface area contributed by atoms with Crippen LogP contribution < -0.4 is 10.1 Å². The summed E-state index contributed by atoms with van der Waals surface area (Å²) in [6, 6.07) is 15.4. The van der Waals surface area contributed by atoms with Gasteiger partial charge in [-0.2, -0.15) is 13.2 Å². The lowest BCUT2D eigenvalue weighted by atomic mass is 9.77. The van der Waals surface area contributed by atoms with Gasteiger partial charge in [0.15, 0.2) is 0 Å². The van der Waals surface area contributed by atoms with Crippen molar-refractivity contribution in [3.63, 3.8) is 0 Å². The van der Waals surface area contributed by atoms with Crippen molar-refractivity contribution in [3.8, 4) is 11.4 Å². The van der Waals surface area contributed by atoms with Gasteiger partial charge < -0.3 is 14.8 Å². The van der Waals surface area contributed by atoms with Crippen LogP contribution in [0, 0.1) is 0 Å². The molecule has 1 N–H and O–H groups in total. The first kappa shape index (κ1) is 26.4. The van der Waals surface area contributed by atoms with Crippen LogP contribution >= 0.6 is 12.4 Å². The Bertz CT molecular complexity index is 1170. The number of rotatable bonds is 5. The fourth-order valence-corrected chi connectivity index (χ4v) is 5.39. The van der Waals surface area contributed by atoms with E-state index in [9.17, 15) is 13.2 Å². The monoisotopic (exact) mass is 522 g/mol. The van der Waals surface area contributed by atoms with Gasteiger partial charge in [-0.1, -0.05) is 30.3 Å². The standard InChI is InChI=1S/C26H29F3N4O2.ClH/c1-17(2)35-22-10-9-20(33-16-31-32-24(33)26(27,28)29)13-21(22)19-14-25(34-15-19)11-6-12-30-23(25)18-7-4-3-5-8-18;/h3-5,7-10,13,16-17,19,23,30H,6,11-12,14-15H2,1-2H3;1H/t19-,23+,25-;/m1./s1. The molecule has 2 aromatic carbocycles. The normalized spacial score (nSPS) is 24.2. The number of benzene rings is 2. The first-order valence-electron chi connectivity index (χ1n) is 12.0. The van der Waals surface area contributed by atoms with Gasteiger partial charge in [-0.25, -0.2) is 0 Å². The van der Waals surface area contributed by atoms with Crippen LogP contribution in [0.1, 0.15) is 62.0 Å². The maximum atomic E-state index is 13.5. The van der Waals surface area contributed by atoms with Crippen LogP contribution in [0.15, 0.2) is 54.9 Å². The molecule has 1 aromatic heterocycles. The number of aromatic nitrogens is 3. The van der Waals surface area contributed by atoms with Crippen LogP contribution in [0.2, 0.25) is 0 Å². The Kier molecular flexibility index (Phi) is 7.64. The van der Waals surface area contributed by atoms with Crippen molar-refractivity contribution in [1.82, 2.24) is 20.1 Å². The molecular weight excluding hydrogens is 493 g/mol. The molecule has 0 bridgehead atoms. The van der Waals surface area contributed by atoms with Crippen LogP contribution in [-0.4, -0.2) is 39.6 Å². The number of ether oxygens (including phenoxy) is 2. The van der Waals surface area contributed by atoms with E-state index >= 15 is 0 Å². The largest absolute Gasteiger partial charge is 0.491 e. The molecule has 0 saturated carbocycles. The molecule has 194 valence electrons. The molecule has 3 atom stereocenters. The Morgan fingerprint density at radius 2 is 1.94 bits per heavy atom. The van der Waals surface area contributed by atoms with E-state index in [4.69, 9.17) is 9.47 Å². The third-order valence-electron chi connectivity index (χ3n) is 6.82. The van der Waals surface area contributed by atoms with Crippen LogP contribution in [0.3, 0.4) is 0 Å². The molecule has 36 heavy (non-hydrogen) atoms. The minimum atomic E-state index is -4.61. The predicted octanol–water partition coefficient (Wildman–Crippen LogP) is 5.86. The highest BCUT2D eigenvalue weighted by Gasteiger charge is 2.49. The van der Waals surface area contributed by atoms with Crippen LogP contribution in [0.25, 0.3) is 5.69 Å². The molecule has 0 unspecified atom stereocenters. The van der Waals surface area contributed by atoms with Gasteiger partial charge in [-0.3, -0.25) is 4.57 Å². The zero-order valence-electron chi connectivity index (χ0n) is 20.2. The fourth-order valence-electron chi connectivity index (χ4n) is 5.39.